The Bertz CT molecular complexity index is 1070. The summed E-state index contributed by atoms with van der Waals surface area (Å²) in [7, 11) is 1.61. The molecule has 2 heterocycles. The van der Waals surface area contributed by atoms with Gasteiger partial charge in [-0.3, -0.25) is 19.7 Å². The molecule has 0 saturated carbocycles. The van der Waals surface area contributed by atoms with E-state index in [1.54, 1.807) is 7.05 Å². The highest BCUT2D eigenvalue weighted by atomic mass is 35.5. The van der Waals surface area contributed by atoms with Crippen LogP contribution < -0.4 is 5.32 Å². The van der Waals surface area contributed by atoms with Gasteiger partial charge in [0.05, 0.1) is 23.0 Å². The van der Waals surface area contributed by atoms with E-state index in [-0.39, 0.29) is 18.3 Å². The van der Waals surface area contributed by atoms with E-state index in [1.807, 2.05) is 56.3 Å². The molecule has 1 amide bonds. The second-order valence-corrected chi connectivity index (χ2v) is 7.55. The lowest BCUT2D eigenvalue weighted by atomic mass is 9.86. The number of halogens is 1. The minimum Gasteiger partial charge on any atom is -0.346 e. The Balaban J connectivity index is 1.83. The molecule has 0 unspecified atom stereocenters. The van der Waals surface area contributed by atoms with Crippen LogP contribution in [-0.2, 0) is 10.3 Å². The fraction of sp³-hybridized carbons (Fsp3) is 0.250. The number of fused-ring (bicyclic) bond motifs is 1. The highest BCUT2D eigenvalue weighted by Crippen LogP contribution is 2.31. The van der Waals surface area contributed by atoms with Gasteiger partial charge in [-0.1, -0.05) is 23.7 Å². The number of guanidine groups is 1. The molecule has 6 nitrogen and oxygen atoms in total. The summed E-state index contributed by atoms with van der Waals surface area (Å²) in [5.41, 5.74) is 3.05. The molecule has 0 aliphatic carbocycles. The van der Waals surface area contributed by atoms with Crippen molar-refractivity contribution in [1.29, 1.82) is 5.41 Å². The van der Waals surface area contributed by atoms with Crippen LogP contribution >= 0.6 is 11.6 Å². The summed E-state index contributed by atoms with van der Waals surface area (Å²) in [6.07, 6.45) is 0.283. The maximum Gasteiger partial charge on any atom is 0.231 e. The molecule has 1 fully saturated rings. The maximum absolute atomic E-state index is 12.3. The number of nitrogens with one attached hydrogen (secondary N) is 2. The number of benzene rings is 2. The monoisotopic (exact) mass is 381 g/mol. The zero-order chi connectivity index (χ0) is 19.3. The first kappa shape index (κ1) is 17.5. The average Bonchev–Trinajstić information content (AvgIpc) is 2.95. The predicted octanol–water partition coefficient (Wildman–Crippen LogP) is 3.59. The molecule has 2 N–H and O–H groups in total. The number of hydrogen-bond acceptors (Lipinski definition) is 3. The molecule has 4 rings (SSSR count). The lowest BCUT2D eigenvalue weighted by Gasteiger charge is -2.39. The van der Waals surface area contributed by atoms with Gasteiger partial charge in [-0.15, -0.1) is 0 Å². The zero-order valence-corrected chi connectivity index (χ0v) is 16.1. The van der Waals surface area contributed by atoms with Crippen LogP contribution in [0.5, 0.6) is 0 Å². The Morgan fingerprint density at radius 3 is 2.78 bits per heavy atom. The number of aromatic nitrogens is 2. The Morgan fingerprint density at radius 1 is 1.26 bits per heavy atom. The summed E-state index contributed by atoms with van der Waals surface area (Å²) in [5, 5.41) is 11.9. The standard InChI is InChI=1S/C20H20ClN5O/c1-12-23-16-8-7-14(21)10-17(16)26(12)15-6-4-5-13(9-15)20(2)11-18(27)25(3)19(22)24-20/h4-10H,11H2,1-3H3,(H2,22,24)/t20-/m0/s1. The van der Waals surface area contributed by atoms with Crippen LogP contribution in [0.3, 0.4) is 0 Å². The van der Waals surface area contributed by atoms with E-state index >= 15 is 0 Å². The van der Waals surface area contributed by atoms with E-state index in [1.165, 1.54) is 4.90 Å². The third kappa shape index (κ3) is 2.86. The van der Waals surface area contributed by atoms with E-state index in [0.717, 1.165) is 28.1 Å². The van der Waals surface area contributed by atoms with E-state index in [4.69, 9.17) is 17.0 Å². The molecule has 1 aliphatic heterocycles. The Hall–Kier alpha value is -2.86. The molecule has 1 atom stereocenters. The van der Waals surface area contributed by atoms with Crippen molar-refractivity contribution >= 4 is 34.5 Å². The molecular formula is C20H20ClN5O. The number of carbonyl (C=O) groups excluding carboxylic acids is 1. The highest BCUT2D eigenvalue weighted by Gasteiger charge is 2.38. The molecule has 1 aliphatic rings. The second kappa shape index (κ2) is 6.09. The summed E-state index contributed by atoms with van der Waals surface area (Å²) in [6.45, 7) is 3.90. The normalized spacial score (nSPS) is 20.2. The van der Waals surface area contributed by atoms with E-state index in [9.17, 15) is 4.79 Å². The lowest BCUT2D eigenvalue weighted by Crippen LogP contribution is -2.58. The van der Waals surface area contributed by atoms with Crippen molar-refractivity contribution in [2.45, 2.75) is 25.8 Å². The van der Waals surface area contributed by atoms with Gasteiger partial charge < -0.3 is 5.32 Å². The van der Waals surface area contributed by atoms with Crippen LogP contribution in [0.2, 0.25) is 5.02 Å². The largest absolute Gasteiger partial charge is 0.346 e. The van der Waals surface area contributed by atoms with Gasteiger partial charge in [-0.05, 0) is 49.7 Å². The molecule has 0 radical (unpaired) electrons. The molecule has 0 bridgehead atoms. The summed E-state index contributed by atoms with van der Waals surface area (Å²) in [5.74, 6) is 0.882. The van der Waals surface area contributed by atoms with Gasteiger partial charge in [0.25, 0.3) is 0 Å². The molecule has 1 saturated heterocycles. The van der Waals surface area contributed by atoms with Crippen molar-refractivity contribution in [3.05, 3.63) is 58.9 Å². The third-order valence-corrected chi connectivity index (χ3v) is 5.37. The quantitative estimate of drug-likeness (QED) is 0.712. The summed E-state index contributed by atoms with van der Waals surface area (Å²) >= 11 is 6.19. The van der Waals surface area contributed by atoms with Gasteiger partial charge in [0.15, 0.2) is 5.96 Å². The molecule has 0 spiro atoms. The summed E-state index contributed by atoms with van der Waals surface area (Å²) in [4.78, 5) is 18.2. The lowest BCUT2D eigenvalue weighted by molar-refractivity contribution is -0.129. The highest BCUT2D eigenvalue weighted by molar-refractivity contribution is 6.31. The Labute approximate surface area is 162 Å². The molecule has 7 heteroatoms. The van der Waals surface area contributed by atoms with Gasteiger partial charge in [0.1, 0.15) is 5.82 Å². The number of hydrogen-bond donors (Lipinski definition) is 2. The van der Waals surface area contributed by atoms with Gasteiger partial charge in [-0.2, -0.15) is 0 Å². The zero-order valence-electron chi connectivity index (χ0n) is 15.4. The van der Waals surface area contributed by atoms with E-state index in [0.29, 0.717) is 5.02 Å². The average molecular weight is 382 g/mol. The maximum atomic E-state index is 12.3. The number of carbonyl (C=O) groups is 1. The molecular weight excluding hydrogens is 362 g/mol. The first-order valence-corrected chi connectivity index (χ1v) is 9.05. The van der Waals surface area contributed by atoms with Gasteiger partial charge >= 0.3 is 0 Å². The van der Waals surface area contributed by atoms with Crippen molar-refractivity contribution in [2.75, 3.05) is 7.05 Å². The van der Waals surface area contributed by atoms with Gasteiger partial charge in [-0.25, -0.2) is 4.98 Å². The van der Waals surface area contributed by atoms with Crippen molar-refractivity contribution in [1.82, 2.24) is 19.8 Å². The van der Waals surface area contributed by atoms with Crippen LogP contribution in [0, 0.1) is 12.3 Å². The van der Waals surface area contributed by atoms with Gasteiger partial charge in [0, 0.05) is 17.8 Å². The number of imidazole rings is 1. The minimum absolute atomic E-state index is 0.0808. The van der Waals surface area contributed by atoms with Crippen molar-refractivity contribution < 1.29 is 4.79 Å². The van der Waals surface area contributed by atoms with Crippen molar-refractivity contribution in [2.24, 2.45) is 0 Å². The number of nitrogens with zero attached hydrogens (tertiary/aromatic N) is 3. The van der Waals surface area contributed by atoms with Gasteiger partial charge in [0.2, 0.25) is 5.91 Å². The molecule has 1 aromatic heterocycles. The fourth-order valence-electron chi connectivity index (χ4n) is 3.59. The SMILES string of the molecule is Cc1nc2ccc(Cl)cc2n1-c1cccc([C@]2(C)CC(=O)N(C)C(=N)N2)c1. The summed E-state index contributed by atoms with van der Waals surface area (Å²) in [6, 6.07) is 13.6. The van der Waals surface area contributed by atoms with Crippen LogP contribution in [-0.4, -0.2) is 33.4 Å². The van der Waals surface area contributed by atoms with Crippen LogP contribution in [0.1, 0.15) is 24.7 Å². The molecule has 138 valence electrons. The first-order valence-electron chi connectivity index (χ1n) is 8.67. The minimum atomic E-state index is -0.640. The molecule has 3 aromatic rings. The van der Waals surface area contributed by atoms with Crippen LogP contribution in [0.4, 0.5) is 0 Å². The van der Waals surface area contributed by atoms with E-state index in [2.05, 4.69) is 14.9 Å². The number of rotatable bonds is 2. The molecule has 27 heavy (non-hydrogen) atoms. The first-order chi connectivity index (χ1) is 12.8. The van der Waals surface area contributed by atoms with Crippen molar-refractivity contribution in [3.63, 3.8) is 0 Å². The number of amides is 1. The fourth-order valence-corrected chi connectivity index (χ4v) is 3.76. The number of aryl methyl sites for hydroxylation is 1. The Morgan fingerprint density at radius 2 is 2.04 bits per heavy atom. The van der Waals surface area contributed by atoms with Crippen molar-refractivity contribution in [3.8, 4) is 5.69 Å². The predicted molar refractivity (Wildman–Crippen MR) is 106 cm³/mol. The smallest absolute Gasteiger partial charge is 0.231 e. The third-order valence-electron chi connectivity index (χ3n) is 5.13. The topological polar surface area (TPSA) is 74.0 Å². The van der Waals surface area contributed by atoms with E-state index < -0.39 is 5.54 Å². The second-order valence-electron chi connectivity index (χ2n) is 7.11. The van der Waals surface area contributed by atoms with Crippen LogP contribution in [0.25, 0.3) is 16.7 Å². The summed E-state index contributed by atoms with van der Waals surface area (Å²) < 4.78 is 2.05. The van der Waals surface area contributed by atoms with Crippen LogP contribution in [0.15, 0.2) is 42.5 Å². The Kier molecular flexibility index (Phi) is 3.96. The molecule has 2 aromatic carbocycles.